The van der Waals surface area contributed by atoms with Crippen molar-refractivity contribution in [2.45, 2.75) is 39.7 Å². The number of carbonyl (C=O) groups is 1. The zero-order valence-corrected chi connectivity index (χ0v) is 20.5. The molecule has 0 saturated heterocycles. The minimum absolute atomic E-state index is 0.0751. The highest BCUT2D eigenvalue weighted by Crippen LogP contribution is 2.41. The van der Waals surface area contributed by atoms with Crippen LogP contribution in [-0.2, 0) is 4.79 Å². The highest BCUT2D eigenvalue weighted by molar-refractivity contribution is 9.10. The van der Waals surface area contributed by atoms with E-state index in [1.54, 1.807) is 18.3 Å². The fourth-order valence-electron chi connectivity index (χ4n) is 3.76. The van der Waals surface area contributed by atoms with Gasteiger partial charge in [-0.1, -0.05) is 46.6 Å². The van der Waals surface area contributed by atoms with E-state index in [1.165, 1.54) is 5.57 Å². The molecule has 1 heterocycles. The van der Waals surface area contributed by atoms with Gasteiger partial charge >= 0.3 is 0 Å². The van der Waals surface area contributed by atoms with Crippen LogP contribution in [0.4, 0.5) is 5.69 Å². The second kappa shape index (κ2) is 9.88. The molecule has 0 saturated carbocycles. The van der Waals surface area contributed by atoms with E-state index in [0.717, 1.165) is 34.3 Å². The van der Waals surface area contributed by atoms with Gasteiger partial charge in [0.25, 0.3) is 5.91 Å². The molecule has 0 unspecified atom stereocenters. The summed E-state index contributed by atoms with van der Waals surface area (Å²) < 4.78 is 6.35. The second-order valence-corrected chi connectivity index (χ2v) is 9.39. The van der Waals surface area contributed by atoms with Gasteiger partial charge in [0, 0.05) is 27.8 Å². The number of hydrogen-bond donors (Lipinski definition) is 1. The van der Waals surface area contributed by atoms with Crippen LogP contribution in [0.2, 0.25) is 5.02 Å². The Morgan fingerprint density at radius 1 is 1.32 bits per heavy atom. The minimum Gasteiger partial charge on any atom is -0.484 e. The highest BCUT2D eigenvalue weighted by Gasteiger charge is 2.31. The molecule has 31 heavy (non-hydrogen) atoms. The largest absolute Gasteiger partial charge is 0.484 e. The maximum atomic E-state index is 12.0. The normalized spacial score (nSPS) is 14.9. The van der Waals surface area contributed by atoms with Gasteiger partial charge in [-0.15, -0.1) is 0 Å². The number of rotatable bonds is 7. The van der Waals surface area contributed by atoms with Gasteiger partial charge in [-0.05, 0) is 63.1 Å². The Morgan fingerprint density at radius 3 is 2.81 bits per heavy atom. The van der Waals surface area contributed by atoms with E-state index < -0.39 is 0 Å². The number of nitrogens with zero attached hydrogens (tertiary/aromatic N) is 2. The lowest BCUT2D eigenvalue weighted by Crippen LogP contribution is -2.45. The van der Waals surface area contributed by atoms with Crippen LogP contribution >= 0.6 is 27.5 Å². The Labute approximate surface area is 197 Å². The maximum Gasteiger partial charge on any atom is 0.277 e. The van der Waals surface area contributed by atoms with Crippen molar-refractivity contribution < 1.29 is 9.53 Å². The summed E-state index contributed by atoms with van der Waals surface area (Å²) in [4.78, 5) is 14.4. The van der Waals surface area contributed by atoms with Crippen molar-refractivity contribution in [2.75, 3.05) is 18.1 Å². The van der Waals surface area contributed by atoms with Crippen molar-refractivity contribution in [1.82, 2.24) is 5.43 Å². The van der Waals surface area contributed by atoms with E-state index in [0.29, 0.717) is 10.8 Å². The molecule has 3 rings (SSSR count). The molecular formula is C24H27BrClN3O2. The lowest BCUT2D eigenvalue weighted by atomic mass is 9.88. The smallest absolute Gasteiger partial charge is 0.277 e. The molecule has 2 aromatic rings. The van der Waals surface area contributed by atoms with Crippen molar-refractivity contribution in [3.05, 3.63) is 63.1 Å². The number of carbonyl (C=O) groups excluding carboxylic acids is 1. The first-order valence-electron chi connectivity index (χ1n) is 10.2. The lowest BCUT2D eigenvalue weighted by molar-refractivity contribution is -0.123. The summed E-state index contributed by atoms with van der Waals surface area (Å²) in [6, 6.07) is 11.3. The first-order chi connectivity index (χ1) is 14.7. The van der Waals surface area contributed by atoms with Crippen LogP contribution in [0.15, 0.2) is 52.0 Å². The van der Waals surface area contributed by atoms with E-state index in [4.69, 9.17) is 16.3 Å². The molecule has 0 spiro atoms. The molecule has 1 amide bonds. The quantitative estimate of drug-likeness (QED) is 0.369. The Morgan fingerprint density at radius 2 is 2.10 bits per heavy atom. The van der Waals surface area contributed by atoms with Crippen molar-refractivity contribution in [1.29, 1.82) is 0 Å². The summed E-state index contributed by atoms with van der Waals surface area (Å²) >= 11 is 9.93. The maximum absolute atomic E-state index is 12.0. The molecule has 5 nitrogen and oxygen atoms in total. The number of ether oxygens (including phenoxy) is 1. The number of halogens is 2. The molecular weight excluding hydrogens is 478 g/mol. The molecule has 0 aliphatic carbocycles. The zero-order chi connectivity index (χ0) is 22.6. The molecule has 0 fully saturated rings. The monoisotopic (exact) mass is 503 g/mol. The minimum atomic E-state index is -0.350. The fourth-order valence-corrected chi connectivity index (χ4v) is 4.34. The molecule has 0 radical (unpaired) electrons. The van der Waals surface area contributed by atoms with E-state index in [1.807, 2.05) is 24.3 Å². The molecule has 0 aromatic heterocycles. The van der Waals surface area contributed by atoms with Gasteiger partial charge < -0.3 is 9.64 Å². The fraction of sp³-hybridized carbons (Fsp3) is 0.333. The van der Waals surface area contributed by atoms with Gasteiger partial charge in [0.1, 0.15) is 5.75 Å². The molecule has 1 aliphatic heterocycles. The Kier molecular flexibility index (Phi) is 7.44. The van der Waals surface area contributed by atoms with Crippen molar-refractivity contribution in [3.63, 3.8) is 0 Å². The van der Waals surface area contributed by atoms with Gasteiger partial charge in [-0.25, -0.2) is 5.43 Å². The average Bonchev–Trinajstić information content (AvgIpc) is 2.70. The number of amides is 1. The number of anilines is 1. The third kappa shape index (κ3) is 5.69. The standard InChI is InChI=1S/C24H27BrClN3O2/c1-5-9-29-22-12-21(26)17(10-20(22)16(2)13-24(29,3)4)14-27-28-23(30)15-31-19-8-6-7-18(25)11-19/h6-8,10-14H,5,9,15H2,1-4H3,(H,28,30)/b27-14+. The summed E-state index contributed by atoms with van der Waals surface area (Å²) in [7, 11) is 0. The summed E-state index contributed by atoms with van der Waals surface area (Å²) in [6.07, 6.45) is 4.89. The first-order valence-corrected chi connectivity index (χ1v) is 11.4. The number of benzene rings is 2. The summed E-state index contributed by atoms with van der Waals surface area (Å²) in [5, 5.41) is 4.65. The predicted octanol–water partition coefficient (Wildman–Crippen LogP) is 6.04. The Hall–Kier alpha value is -2.31. The van der Waals surface area contributed by atoms with E-state index in [2.05, 4.69) is 65.1 Å². The molecule has 1 aliphatic rings. The van der Waals surface area contributed by atoms with E-state index >= 15 is 0 Å². The molecule has 0 bridgehead atoms. The third-order valence-electron chi connectivity index (χ3n) is 5.10. The first kappa shape index (κ1) is 23.4. The number of hydrogen-bond acceptors (Lipinski definition) is 4. The van der Waals surface area contributed by atoms with Crippen LogP contribution in [0.1, 0.15) is 45.2 Å². The van der Waals surface area contributed by atoms with Crippen molar-refractivity contribution >= 4 is 50.9 Å². The van der Waals surface area contributed by atoms with Crippen molar-refractivity contribution in [3.8, 4) is 5.75 Å². The summed E-state index contributed by atoms with van der Waals surface area (Å²) in [5.74, 6) is 0.255. The second-order valence-electron chi connectivity index (χ2n) is 8.06. The van der Waals surface area contributed by atoms with Crippen LogP contribution in [0, 0.1) is 0 Å². The van der Waals surface area contributed by atoms with Gasteiger partial charge in [0.05, 0.1) is 16.8 Å². The zero-order valence-electron chi connectivity index (χ0n) is 18.2. The molecule has 2 aromatic carbocycles. The topological polar surface area (TPSA) is 53.9 Å². The van der Waals surface area contributed by atoms with Gasteiger partial charge in [-0.2, -0.15) is 5.10 Å². The SMILES string of the molecule is CCCN1c2cc(Cl)c(/C=N/NC(=O)COc3cccc(Br)c3)cc2C(C)=CC1(C)C. The van der Waals surface area contributed by atoms with E-state index in [-0.39, 0.29) is 18.1 Å². The summed E-state index contributed by atoms with van der Waals surface area (Å²) in [6.45, 7) is 9.52. The van der Waals surface area contributed by atoms with Gasteiger partial charge in [0.15, 0.2) is 6.61 Å². The van der Waals surface area contributed by atoms with Gasteiger partial charge in [-0.3, -0.25) is 4.79 Å². The van der Waals surface area contributed by atoms with Crippen LogP contribution in [-0.4, -0.2) is 30.8 Å². The highest BCUT2D eigenvalue weighted by atomic mass is 79.9. The van der Waals surface area contributed by atoms with Crippen LogP contribution in [0.25, 0.3) is 5.57 Å². The van der Waals surface area contributed by atoms with Crippen LogP contribution < -0.4 is 15.1 Å². The molecule has 164 valence electrons. The lowest BCUT2D eigenvalue weighted by Gasteiger charge is -2.43. The molecule has 1 N–H and O–H groups in total. The number of fused-ring (bicyclic) bond motifs is 1. The number of hydrazone groups is 1. The van der Waals surface area contributed by atoms with Gasteiger partial charge in [0.2, 0.25) is 0 Å². The van der Waals surface area contributed by atoms with Crippen LogP contribution in [0.5, 0.6) is 5.75 Å². The summed E-state index contributed by atoms with van der Waals surface area (Å²) in [5.41, 5.74) is 6.61. The average molecular weight is 505 g/mol. The Balaban J connectivity index is 1.70. The number of allylic oxidation sites excluding steroid dienone is 1. The third-order valence-corrected chi connectivity index (χ3v) is 5.92. The number of nitrogens with one attached hydrogen (secondary N) is 1. The molecule has 0 atom stereocenters. The Bertz CT molecular complexity index is 1030. The van der Waals surface area contributed by atoms with E-state index in [9.17, 15) is 4.79 Å². The predicted molar refractivity (Wildman–Crippen MR) is 132 cm³/mol. The van der Waals surface area contributed by atoms with Crippen LogP contribution in [0.3, 0.4) is 0 Å². The van der Waals surface area contributed by atoms with Crippen molar-refractivity contribution in [2.24, 2.45) is 5.10 Å². The molecule has 7 heteroatoms.